The Kier molecular flexibility index (Phi) is 3.49. The van der Waals surface area contributed by atoms with E-state index in [1.165, 1.54) is 0 Å². The number of aromatic nitrogens is 3. The maximum Gasteiger partial charge on any atom is 0.240 e. The summed E-state index contributed by atoms with van der Waals surface area (Å²) in [6.45, 7) is 7.26. The Morgan fingerprint density at radius 2 is 2.21 bits per heavy atom. The minimum absolute atomic E-state index is 0.266. The SMILES string of the molecule is CCOC(C)(C)Cn1nc(N)nc1Br. The summed E-state index contributed by atoms with van der Waals surface area (Å²) in [4.78, 5) is 3.95. The maximum absolute atomic E-state index is 5.55. The number of nitrogens with two attached hydrogens (primary N) is 1. The summed E-state index contributed by atoms with van der Waals surface area (Å²) in [5, 5.41) is 4.03. The molecule has 0 spiro atoms. The normalized spacial score (nSPS) is 12.0. The van der Waals surface area contributed by atoms with Crippen LogP contribution in [0.1, 0.15) is 20.8 Å². The third kappa shape index (κ3) is 2.95. The van der Waals surface area contributed by atoms with Crippen molar-refractivity contribution >= 4 is 21.9 Å². The van der Waals surface area contributed by atoms with E-state index in [0.717, 1.165) is 0 Å². The fraction of sp³-hybridized carbons (Fsp3) is 0.750. The molecule has 0 radical (unpaired) electrons. The molecule has 0 fully saturated rings. The predicted octanol–water partition coefficient (Wildman–Crippen LogP) is 1.44. The molecule has 1 rings (SSSR count). The van der Waals surface area contributed by atoms with Gasteiger partial charge in [0.15, 0.2) is 4.73 Å². The van der Waals surface area contributed by atoms with Crippen LogP contribution in [0.25, 0.3) is 0 Å². The first-order valence-corrected chi connectivity index (χ1v) is 5.23. The first kappa shape index (κ1) is 11.5. The predicted molar refractivity (Wildman–Crippen MR) is 57.8 cm³/mol. The standard InChI is InChI=1S/C8H15BrN4O/c1-4-14-8(2,3)5-13-6(9)11-7(10)12-13/h4-5H2,1-3H3,(H2,10,12). The number of anilines is 1. The third-order valence-corrected chi connectivity index (χ3v) is 2.30. The largest absolute Gasteiger partial charge is 0.374 e. The second-order valence-electron chi connectivity index (χ2n) is 3.59. The van der Waals surface area contributed by atoms with E-state index < -0.39 is 0 Å². The molecule has 0 atom stereocenters. The van der Waals surface area contributed by atoms with Gasteiger partial charge in [-0.05, 0) is 36.7 Å². The highest BCUT2D eigenvalue weighted by Crippen LogP contribution is 2.16. The molecule has 0 aliphatic heterocycles. The highest BCUT2D eigenvalue weighted by Gasteiger charge is 2.20. The second kappa shape index (κ2) is 4.27. The van der Waals surface area contributed by atoms with Gasteiger partial charge in [0.1, 0.15) is 0 Å². The van der Waals surface area contributed by atoms with Crippen molar-refractivity contribution in [2.75, 3.05) is 12.3 Å². The summed E-state index contributed by atoms with van der Waals surface area (Å²) < 4.78 is 7.86. The van der Waals surface area contributed by atoms with E-state index in [2.05, 4.69) is 26.0 Å². The number of hydrogen-bond acceptors (Lipinski definition) is 4. The molecule has 0 aromatic carbocycles. The summed E-state index contributed by atoms with van der Waals surface area (Å²) in [7, 11) is 0. The molecule has 1 aromatic heterocycles. The zero-order valence-electron chi connectivity index (χ0n) is 8.62. The van der Waals surface area contributed by atoms with E-state index in [-0.39, 0.29) is 11.5 Å². The topological polar surface area (TPSA) is 66.0 Å². The van der Waals surface area contributed by atoms with Crippen LogP contribution in [0.5, 0.6) is 0 Å². The lowest BCUT2D eigenvalue weighted by molar-refractivity contribution is -0.0251. The molecule has 6 heteroatoms. The quantitative estimate of drug-likeness (QED) is 0.892. The second-order valence-corrected chi connectivity index (χ2v) is 4.30. The highest BCUT2D eigenvalue weighted by atomic mass is 79.9. The van der Waals surface area contributed by atoms with Crippen molar-refractivity contribution in [1.29, 1.82) is 0 Å². The molecule has 0 saturated heterocycles. The first-order chi connectivity index (χ1) is 6.44. The van der Waals surface area contributed by atoms with Crippen molar-refractivity contribution in [3.05, 3.63) is 4.73 Å². The molecule has 0 aliphatic rings. The van der Waals surface area contributed by atoms with Gasteiger partial charge in [-0.3, -0.25) is 0 Å². The van der Waals surface area contributed by atoms with Gasteiger partial charge in [-0.25, -0.2) is 4.68 Å². The van der Waals surface area contributed by atoms with Crippen LogP contribution in [0.3, 0.4) is 0 Å². The summed E-state index contributed by atoms with van der Waals surface area (Å²) in [6, 6.07) is 0. The van der Waals surface area contributed by atoms with Crippen LogP contribution in [0.4, 0.5) is 5.95 Å². The Balaban J connectivity index is 2.72. The molecule has 0 unspecified atom stereocenters. The number of hydrogen-bond donors (Lipinski definition) is 1. The molecule has 1 aromatic rings. The van der Waals surface area contributed by atoms with Crippen LogP contribution in [0.2, 0.25) is 0 Å². The zero-order chi connectivity index (χ0) is 10.8. The Morgan fingerprint density at radius 3 is 2.64 bits per heavy atom. The van der Waals surface area contributed by atoms with Crippen molar-refractivity contribution in [3.8, 4) is 0 Å². The lowest BCUT2D eigenvalue weighted by Crippen LogP contribution is -2.31. The molecule has 1 heterocycles. The van der Waals surface area contributed by atoms with Crippen molar-refractivity contribution < 1.29 is 4.74 Å². The Labute approximate surface area is 91.8 Å². The minimum atomic E-state index is -0.266. The molecular formula is C8H15BrN4O. The molecule has 0 saturated carbocycles. The van der Waals surface area contributed by atoms with E-state index in [0.29, 0.717) is 17.9 Å². The van der Waals surface area contributed by atoms with Gasteiger partial charge in [0.2, 0.25) is 5.95 Å². The van der Waals surface area contributed by atoms with Gasteiger partial charge >= 0.3 is 0 Å². The van der Waals surface area contributed by atoms with Gasteiger partial charge in [-0.1, -0.05) is 0 Å². The molecule has 0 aliphatic carbocycles. The maximum atomic E-state index is 5.55. The fourth-order valence-electron chi connectivity index (χ4n) is 1.24. The van der Waals surface area contributed by atoms with Crippen LogP contribution >= 0.6 is 15.9 Å². The van der Waals surface area contributed by atoms with Crippen LogP contribution in [-0.2, 0) is 11.3 Å². The van der Waals surface area contributed by atoms with E-state index >= 15 is 0 Å². The number of nitrogen functional groups attached to an aromatic ring is 1. The monoisotopic (exact) mass is 262 g/mol. The van der Waals surface area contributed by atoms with Gasteiger partial charge in [0, 0.05) is 6.61 Å². The molecule has 2 N–H and O–H groups in total. The van der Waals surface area contributed by atoms with E-state index in [1.807, 2.05) is 20.8 Å². The van der Waals surface area contributed by atoms with E-state index in [4.69, 9.17) is 10.5 Å². The Morgan fingerprint density at radius 1 is 1.57 bits per heavy atom. The average Bonchev–Trinajstić information content (AvgIpc) is 2.28. The molecule has 80 valence electrons. The summed E-state index contributed by atoms with van der Waals surface area (Å²) in [5.41, 5.74) is 5.19. The van der Waals surface area contributed by atoms with Gasteiger partial charge in [0.05, 0.1) is 12.1 Å². The van der Waals surface area contributed by atoms with Gasteiger partial charge in [-0.2, -0.15) is 4.98 Å². The van der Waals surface area contributed by atoms with E-state index in [9.17, 15) is 0 Å². The Bertz CT molecular complexity index is 310. The van der Waals surface area contributed by atoms with Gasteiger partial charge in [0.25, 0.3) is 0 Å². The third-order valence-electron chi connectivity index (χ3n) is 1.71. The lowest BCUT2D eigenvalue weighted by Gasteiger charge is -2.24. The smallest absolute Gasteiger partial charge is 0.240 e. The highest BCUT2D eigenvalue weighted by molar-refractivity contribution is 9.10. The fourth-order valence-corrected chi connectivity index (χ4v) is 1.62. The minimum Gasteiger partial charge on any atom is -0.374 e. The summed E-state index contributed by atoms with van der Waals surface area (Å²) in [6.07, 6.45) is 0. The zero-order valence-corrected chi connectivity index (χ0v) is 10.2. The molecule has 0 bridgehead atoms. The first-order valence-electron chi connectivity index (χ1n) is 4.44. The Hall–Kier alpha value is -0.620. The van der Waals surface area contributed by atoms with Crippen molar-refractivity contribution in [3.63, 3.8) is 0 Å². The number of ether oxygens (including phenoxy) is 1. The van der Waals surface area contributed by atoms with Crippen molar-refractivity contribution in [1.82, 2.24) is 14.8 Å². The van der Waals surface area contributed by atoms with Crippen molar-refractivity contribution in [2.45, 2.75) is 32.9 Å². The average molecular weight is 263 g/mol. The number of rotatable bonds is 4. The number of halogens is 1. The van der Waals surface area contributed by atoms with Crippen LogP contribution in [0.15, 0.2) is 4.73 Å². The van der Waals surface area contributed by atoms with Gasteiger partial charge < -0.3 is 10.5 Å². The molecule has 14 heavy (non-hydrogen) atoms. The molecular weight excluding hydrogens is 248 g/mol. The van der Waals surface area contributed by atoms with Crippen molar-refractivity contribution in [2.24, 2.45) is 0 Å². The van der Waals surface area contributed by atoms with Crippen LogP contribution in [-0.4, -0.2) is 27.0 Å². The van der Waals surface area contributed by atoms with Crippen LogP contribution in [0, 0.1) is 0 Å². The van der Waals surface area contributed by atoms with E-state index in [1.54, 1.807) is 4.68 Å². The number of nitrogens with zero attached hydrogens (tertiary/aromatic N) is 3. The summed E-state index contributed by atoms with van der Waals surface area (Å²) >= 11 is 3.27. The van der Waals surface area contributed by atoms with Crippen LogP contribution < -0.4 is 5.73 Å². The lowest BCUT2D eigenvalue weighted by atomic mass is 10.1. The summed E-state index contributed by atoms with van der Waals surface area (Å²) in [5.74, 6) is 0.268. The molecule has 5 nitrogen and oxygen atoms in total. The van der Waals surface area contributed by atoms with Gasteiger partial charge in [-0.15, -0.1) is 5.10 Å². The molecule has 0 amide bonds.